The van der Waals surface area contributed by atoms with Crippen LogP contribution in [0.15, 0.2) is 42.0 Å². The summed E-state index contributed by atoms with van der Waals surface area (Å²) in [5.41, 5.74) is 0.649. The number of carbonyl (C=O) groups excluding carboxylic acids is 2. The molecule has 0 fully saturated rings. The van der Waals surface area contributed by atoms with Gasteiger partial charge in [0.25, 0.3) is 0 Å². The highest BCUT2D eigenvalue weighted by atomic mass is 16.6. The number of rotatable bonds is 6. The van der Waals surface area contributed by atoms with E-state index < -0.39 is 29.6 Å². The maximum Gasteiger partial charge on any atom is 0.338 e. The molecule has 1 aromatic rings. The summed E-state index contributed by atoms with van der Waals surface area (Å²) < 4.78 is 16.3. The van der Waals surface area contributed by atoms with Gasteiger partial charge in [-0.05, 0) is 38.0 Å². The lowest BCUT2D eigenvalue weighted by atomic mass is 9.80. The van der Waals surface area contributed by atoms with Crippen molar-refractivity contribution in [2.75, 3.05) is 13.2 Å². The Labute approximate surface area is 160 Å². The number of benzene rings is 1. The summed E-state index contributed by atoms with van der Waals surface area (Å²) in [4.78, 5) is 24.0. The van der Waals surface area contributed by atoms with Crippen LogP contribution in [0, 0.1) is 5.41 Å². The molecule has 1 aliphatic rings. The summed E-state index contributed by atoms with van der Waals surface area (Å²) in [5, 5.41) is 10.6. The first-order valence-electron chi connectivity index (χ1n) is 9.14. The highest BCUT2D eigenvalue weighted by molar-refractivity contribution is 5.89. The quantitative estimate of drug-likeness (QED) is 0.607. The number of hydrogen-bond donors (Lipinski definition) is 1. The molecule has 0 heterocycles. The van der Waals surface area contributed by atoms with Crippen molar-refractivity contribution >= 4 is 11.9 Å². The second-order valence-corrected chi connectivity index (χ2v) is 7.39. The Hall–Kier alpha value is -2.18. The van der Waals surface area contributed by atoms with Crippen LogP contribution in [0.25, 0.3) is 0 Å². The Morgan fingerprint density at radius 3 is 2.52 bits per heavy atom. The molecule has 0 saturated carbocycles. The fraction of sp³-hybridized carbons (Fsp3) is 0.524. The third-order valence-electron chi connectivity index (χ3n) is 4.68. The predicted molar refractivity (Wildman–Crippen MR) is 100 cm³/mol. The molecule has 148 valence electrons. The molecule has 2 rings (SSSR count). The van der Waals surface area contributed by atoms with Gasteiger partial charge in [-0.1, -0.05) is 38.1 Å². The molecule has 0 bridgehead atoms. The summed E-state index contributed by atoms with van der Waals surface area (Å²) in [5.74, 6) is -0.912. The van der Waals surface area contributed by atoms with Gasteiger partial charge >= 0.3 is 11.9 Å². The molecule has 0 aromatic heterocycles. The summed E-state index contributed by atoms with van der Waals surface area (Å²) >= 11 is 0. The maximum absolute atomic E-state index is 12.5. The van der Waals surface area contributed by atoms with Gasteiger partial charge in [0.1, 0.15) is 18.8 Å². The minimum Gasteiger partial charge on any atom is -0.464 e. The molecule has 6 nitrogen and oxygen atoms in total. The average Bonchev–Trinajstić information content (AvgIpc) is 2.70. The lowest BCUT2D eigenvalue weighted by Crippen LogP contribution is -2.42. The SMILES string of the molecule is CCOC(=O)COC1CC(C)(C)C(OC(=O)c2ccccc2)C(O)C=C1C. The highest BCUT2D eigenvalue weighted by Gasteiger charge is 2.42. The molecule has 3 atom stereocenters. The monoisotopic (exact) mass is 376 g/mol. The minimum atomic E-state index is -0.969. The molecule has 27 heavy (non-hydrogen) atoms. The zero-order valence-corrected chi connectivity index (χ0v) is 16.3. The zero-order chi connectivity index (χ0) is 20.0. The van der Waals surface area contributed by atoms with E-state index in [1.54, 1.807) is 37.3 Å². The Morgan fingerprint density at radius 1 is 1.22 bits per heavy atom. The van der Waals surface area contributed by atoms with E-state index in [4.69, 9.17) is 14.2 Å². The Kier molecular flexibility index (Phi) is 7.16. The van der Waals surface area contributed by atoms with Gasteiger partial charge in [0.2, 0.25) is 0 Å². The lowest BCUT2D eigenvalue weighted by Gasteiger charge is -2.35. The topological polar surface area (TPSA) is 82.1 Å². The summed E-state index contributed by atoms with van der Waals surface area (Å²) in [6, 6.07) is 8.68. The number of esters is 2. The standard InChI is InChI=1S/C21H28O6/c1-5-25-18(23)13-26-17-12-21(3,4)19(16(22)11-14(17)2)27-20(24)15-9-7-6-8-10-15/h6-11,16-17,19,22H,5,12-13H2,1-4H3. The summed E-state index contributed by atoms with van der Waals surface area (Å²) in [7, 11) is 0. The van der Waals surface area contributed by atoms with Gasteiger partial charge < -0.3 is 19.3 Å². The predicted octanol–water partition coefficient (Wildman–Crippen LogP) is 2.90. The van der Waals surface area contributed by atoms with Gasteiger partial charge in [-0.2, -0.15) is 0 Å². The van der Waals surface area contributed by atoms with Crippen molar-refractivity contribution in [3.8, 4) is 0 Å². The summed E-state index contributed by atoms with van der Waals surface area (Å²) in [6.45, 7) is 7.52. The van der Waals surface area contributed by atoms with E-state index in [2.05, 4.69) is 0 Å². The van der Waals surface area contributed by atoms with Crippen molar-refractivity contribution < 1.29 is 28.9 Å². The van der Waals surface area contributed by atoms with Crippen molar-refractivity contribution in [2.24, 2.45) is 5.41 Å². The number of carbonyl (C=O) groups is 2. The minimum absolute atomic E-state index is 0.162. The largest absolute Gasteiger partial charge is 0.464 e. The first-order chi connectivity index (χ1) is 12.7. The van der Waals surface area contributed by atoms with E-state index >= 15 is 0 Å². The van der Waals surface area contributed by atoms with Gasteiger partial charge in [0.15, 0.2) is 0 Å². The summed E-state index contributed by atoms with van der Waals surface area (Å²) in [6.07, 6.45) is 0.0335. The molecule has 1 N–H and O–H groups in total. The first-order valence-corrected chi connectivity index (χ1v) is 9.14. The van der Waals surface area contributed by atoms with Gasteiger partial charge in [-0.3, -0.25) is 0 Å². The van der Waals surface area contributed by atoms with Gasteiger partial charge in [-0.25, -0.2) is 9.59 Å². The first kappa shape index (κ1) is 21.1. The lowest BCUT2D eigenvalue weighted by molar-refractivity contribution is -0.150. The van der Waals surface area contributed by atoms with Crippen molar-refractivity contribution in [3.05, 3.63) is 47.5 Å². The highest BCUT2D eigenvalue weighted by Crippen LogP contribution is 2.38. The number of hydrogen-bond acceptors (Lipinski definition) is 6. The average molecular weight is 376 g/mol. The Bertz CT molecular complexity index is 679. The third-order valence-corrected chi connectivity index (χ3v) is 4.68. The molecule has 0 spiro atoms. The second-order valence-electron chi connectivity index (χ2n) is 7.39. The van der Waals surface area contributed by atoms with E-state index in [0.717, 1.165) is 5.57 Å². The van der Waals surface area contributed by atoms with Gasteiger partial charge in [-0.15, -0.1) is 0 Å². The van der Waals surface area contributed by atoms with Crippen LogP contribution in [0.2, 0.25) is 0 Å². The Morgan fingerprint density at radius 2 is 1.89 bits per heavy atom. The normalized spacial score (nSPS) is 24.5. The molecule has 0 saturated heterocycles. The molecule has 0 aliphatic heterocycles. The third kappa shape index (κ3) is 5.65. The van der Waals surface area contributed by atoms with E-state index in [0.29, 0.717) is 18.6 Å². The van der Waals surface area contributed by atoms with E-state index in [9.17, 15) is 14.7 Å². The van der Waals surface area contributed by atoms with E-state index in [1.807, 2.05) is 26.8 Å². The van der Waals surface area contributed by atoms with Crippen molar-refractivity contribution in [1.82, 2.24) is 0 Å². The van der Waals surface area contributed by atoms with Crippen LogP contribution in [0.5, 0.6) is 0 Å². The molecular formula is C21H28O6. The van der Waals surface area contributed by atoms with E-state index in [1.165, 1.54) is 0 Å². The van der Waals surface area contributed by atoms with Crippen LogP contribution in [0.4, 0.5) is 0 Å². The van der Waals surface area contributed by atoms with Crippen LogP contribution >= 0.6 is 0 Å². The Balaban J connectivity index is 2.12. The fourth-order valence-electron chi connectivity index (χ4n) is 3.23. The van der Waals surface area contributed by atoms with Crippen molar-refractivity contribution in [2.45, 2.75) is 52.4 Å². The van der Waals surface area contributed by atoms with Crippen molar-refractivity contribution in [3.63, 3.8) is 0 Å². The van der Waals surface area contributed by atoms with Crippen LogP contribution < -0.4 is 0 Å². The zero-order valence-electron chi connectivity index (χ0n) is 16.3. The van der Waals surface area contributed by atoms with Crippen LogP contribution in [0.3, 0.4) is 0 Å². The fourth-order valence-corrected chi connectivity index (χ4v) is 3.23. The van der Waals surface area contributed by atoms with Gasteiger partial charge in [0, 0.05) is 5.41 Å². The molecule has 1 aromatic carbocycles. The molecule has 1 aliphatic carbocycles. The smallest absolute Gasteiger partial charge is 0.338 e. The van der Waals surface area contributed by atoms with Crippen molar-refractivity contribution in [1.29, 1.82) is 0 Å². The van der Waals surface area contributed by atoms with Gasteiger partial charge in [0.05, 0.1) is 18.3 Å². The molecule has 6 heteroatoms. The molecular weight excluding hydrogens is 348 g/mol. The molecule has 3 unspecified atom stereocenters. The number of aliphatic hydroxyl groups is 1. The maximum atomic E-state index is 12.5. The molecule has 0 amide bonds. The number of aliphatic hydroxyl groups excluding tert-OH is 1. The van der Waals surface area contributed by atoms with Crippen LogP contribution in [-0.4, -0.2) is 48.6 Å². The number of ether oxygens (including phenoxy) is 3. The van der Waals surface area contributed by atoms with Crippen LogP contribution in [0.1, 0.15) is 44.5 Å². The molecule has 0 radical (unpaired) electrons. The van der Waals surface area contributed by atoms with Crippen LogP contribution in [-0.2, 0) is 19.0 Å². The van der Waals surface area contributed by atoms with E-state index in [-0.39, 0.29) is 12.7 Å². The second kappa shape index (κ2) is 9.15.